The third-order valence-corrected chi connectivity index (χ3v) is 3.72. The summed E-state index contributed by atoms with van der Waals surface area (Å²) in [6, 6.07) is 21.3. The van der Waals surface area contributed by atoms with E-state index in [1.165, 1.54) is 0 Å². The van der Waals surface area contributed by atoms with Crippen molar-refractivity contribution in [3.8, 4) is 23.0 Å². The lowest BCUT2D eigenvalue weighted by molar-refractivity contribution is 0.262. The van der Waals surface area contributed by atoms with Crippen LogP contribution >= 0.6 is 0 Å². The number of nitrogens with one attached hydrogen (secondary N) is 2. The van der Waals surface area contributed by atoms with Gasteiger partial charge in [-0.05, 0) is 36.4 Å². The van der Waals surface area contributed by atoms with Gasteiger partial charge in [-0.25, -0.2) is 4.79 Å². The van der Waals surface area contributed by atoms with Crippen LogP contribution in [0.15, 0.2) is 72.8 Å². The molecule has 0 saturated heterocycles. The summed E-state index contributed by atoms with van der Waals surface area (Å²) in [5.74, 6) is 2.43. The van der Waals surface area contributed by atoms with Crippen LogP contribution in [-0.4, -0.2) is 20.3 Å². The lowest BCUT2D eigenvalue weighted by atomic mass is 10.2. The normalized spacial score (nSPS) is 10.0. The molecule has 0 spiro atoms. The second kappa shape index (κ2) is 8.62. The van der Waals surface area contributed by atoms with Crippen molar-refractivity contribution in [2.24, 2.45) is 0 Å². The summed E-state index contributed by atoms with van der Waals surface area (Å²) in [6.45, 7) is 0. The molecule has 0 aliphatic rings. The number of ether oxygens (including phenoxy) is 3. The Morgan fingerprint density at radius 3 is 2.11 bits per heavy atom. The fraction of sp³-hybridized carbons (Fsp3) is 0.0952. The highest BCUT2D eigenvalue weighted by atomic mass is 16.5. The van der Waals surface area contributed by atoms with Crippen molar-refractivity contribution in [3.63, 3.8) is 0 Å². The van der Waals surface area contributed by atoms with Gasteiger partial charge in [0.15, 0.2) is 11.5 Å². The standard InChI is InChI=1S/C21H20N2O4/c1-25-18-10-6-7-15(13-18)22-21(24)23-16-11-12-19(20(14-16)26-2)27-17-8-4-3-5-9-17/h3-14H,1-2H3,(H2,22,23,24). The zero-order chi connectivity index (χ0) is 19.1. The van der Waals surface area contributed by atoms with Crippen LogP contribution in [0.1, 0.15) is 0 Å². The van der Waals surface area contributed by atoms with Gasteiger partial charge in [-0.15, -0.1) is 0 Å². The topological polar surface area (TPSA) is 68.8 Å². The molecule has 0 saturated carbocycles. The van der Waals surface area contributed by atoms with Gasteiger partial charge in [0.05, 0.1) is 14.2 Å². The summed E-state index contributed by atoms with van der Waals surface area (Å²) in [6.07, 6.45) is 0. The molecule has 3 rings (SSSR count). The molecular weight excluding hydrogens is 344 g/mol. The van der Waals surface area contributed by atoms with Crippen molar-refractivity contribution >= 4 is 17.4 Å². The van der Waals surface area contributed by atoms with Crippen LogP contribution in [0.2, 0.25) is 0 Å². The average molecular weight is 364 g/mol. The van der Waals surface area contributed by atoms with Crippen molar-refractivity contribution in [1.82, 2.24) is 0 Å². The third-order valence-electron chi connectivity index (χ3n) is 3.72. The Hall–Kier alpha value is -3.67. The average Bonchev–Trinajstić information content (AvgIpc) is 2.70. The molecule has 138 valence electrons. The van der Waals surface area contributed by atoms with Gasteiger partial charge in [-0.3, -0.25) is 0 Å². The predicted octanol–water partition coefficient (Wildman–Crippen LogP) is 5.14. The molecule has 0 fully saturated rings. The number of para-hydroxylation sites is 1. The Kier molecular flexibility index (Phi) is 5.79. The van der Waals surface area contributed by atoms with Crippen molar-refractivity contribution in [2.45, 2.75) is 0 Å². The van der Waals surface area contributed by atoms with Gasteiger partial charge in [-0.2, -0.15) is 0 Å². The van der Waals surface area contributed by atoms with E-state index in [4.69, 9.17) is 14.2 Å². The molecule has 3 aromatic rings. The second-order valence-corrected chi connectivity index (χ2v) is 5.59. The number of amides is 2. The number of rotatable bonds is 6. The van der Waals surface area contributed by atoms with Gasteiger partial charge in [0, 0.05) is 23.5 Å². The highest BCUT2D eigenvalue weighted by Gasteiger charge is 2.09. The molecule has 0 aromatic heterocycles. The summed E-state index contributed by atoms with van der Waals surface area (Å²) in [5.41, 5.74) is 1.20. The van der Waals surface area contributed by atoms with Gasteiger partial charge in [0.25, 0.3) is 0 Å². The summed E-state index contributed by atoms with van der Waals surface area (Å²) < 4.78 is 16.3. The molecule has 2 amide bonds. The summed E-state index contributed by atoms with van der Waals surface area (Å²) in [7, 11) is 3.12. The fourth-order valence-corrected chi connectivity index (χ4v) is 2.44. The zero-order valence-corrected chi connectivity index (χ0v) is 15.1. The van der Waals surface area contributed by atoms with E-state index in [-0.39, 0.29) is 6.03 Å². The van der Waals surface area contributed by atoms with E-state index in [0.717, 1.165) is 0 Å². The Morgan fingerprint density at radius 2 is 1.41 bits per heavy atom. The van der Waals surface area contributed by atoms with E-state index < -0.39 is 0 Å². The maximum absolute atomic E-state index is 12.2. The SMILES string of the molecule is COc1cccc(NC(=O)Nc2ccc(Oc3ccccc3)c(OC)c2)c1. The molecule has 6 nitrogen and oxygen atoms in total. The van der Waals surface area contributed by atoms with E-state index in [0.29, 0.717) is 34.4 Å². The number of anilines is 2. The minimum absolute atomic E-state index is 0.373. The van der Waals surface area contributed by atoms with Gasteiger partial charge < -0.3 is 24.8 Å². The first-order valence-corrected chi connectivity index (χ1v) is 8.31. The second-order valence-electron chi connectivity index (χ2n) is 5.59. The van der Waals surface area contributed by atoms with Crippen LogP contribution in [0.3, 0.4) is 0 Å². The monoisotopic (exact) mass is 364 g/mol. The van der Waals surface area contributed by atoms with Crippen molar-refractivity contribution in [1.29, 1.82) is 0 Å². The van der Waals surface area contributed by atoms with E-state index in [9.17, 15) is 4.79 Å². The highest BCUT2D eigenvalue weighted by molar-refractivity contribution is 6.00. The van der Waals surface area contributed by atoms with Gasteiger partial charge in [-0.1, -0.05) is 24.3 Å². The Balaban J connectivity index is 1.68. The molecule has 2 N–H and O–H groups in total. The van der Waals surface area contributed by atoms with Crippen LogP contribution in [0.5, 0.6) is 23.0 Å². The van der Waals surface area contributed by atoms with Crippen LogP contribution in [-0.2, 0) is 0 Å². The fourth-order valence-electron chi connectivity index (χ4n) is 2.44. The first kappa shape index (κ1) is 18.1. The minimum atomic E-state index is -0.373. The highest BCUT2D eigenvalue weighted by Crippen LogP contribution is 2.33. The number of carbonyl (C=O) groups excluding carboxylic acids is 1. The lowest BCUT2D eigenvalue weighted by Crippen LogP contribution is -2.19. The number of urea groups is 1. The van der Waals surface area contributed by atoms with Gasteiger partial charge in [0.2, 0.25) is 0 Å². The zero-order valence-electron chi connectivity index (χ0n) is 15.1. The lowest BCUT2D eigenvalue weighted by Gasteiger charge is -2.13. The number of carbonyl (C=O) groups is 1. The minimum Gasteiger partial charge on any atom is -0.497 e. The molecule has 0 radical (unpaired) electrons. The maximum Gasteiger partial charge on any atom is 0.323 e. The first-order valence-electron chi connectivity index (χ1n) is 8.31. The smallest absolute Gasteiger partial charge is 0.323 e. The summed E-state index contributed by atoms with van der Waals surface area (Å²) in [5, 5.41) is 5.52. The largest absolute Gasteiger partial charge is 0.497 e. The summed E-state index contributed by atoms with van der Waals surface area (Å²) in [4.78, 5) is 12.2. The van der Waals surface area contributed by atoms with Crippen molar-refractivity contribution in [2.75, 3.05) is 24.9 Å². The molecule has 0 atom stereocenters. The van der Waals surface area contributed by atoms with E-state index in [1.807, 2.05) is 30.3 Å². The van der Waals surface area contributed by atoms with Crippen LogP contribution in [0.4, 0.5) is 16.2 Å². The van der Waals surface area contributed by atoms with Crippen LogP contribution in [0.25, 0.3) is 0 Å². The van der Waals surface area contributed by atoms with Crippen molar-refractivity contribution in [3.05, 3.63) is 72.8 Å². The predicted molar refractivity (Wildman–Crippen MR) is 105 cm³/mol. The van der Waals surface area contributed by atoms with Crippen LogP contribution < -0.4 is 24.8 Å². The third kappa shape index (κ3) is 4.92. The molecule has 3 aromatic carbocycles. The van der Waals surface area contributed by atoms with E-state index >= 15 is 0 Å². The number of benzene rings is 3. The molecule has 0 aliphatic carbocycles. The number of hydrogen-bond donors (Lipinski definition) is 2. The van der Waals surface area contributed by atoms with E-state index in [1.54, 1.807) is 56.7 Å². The van der Waals surface area contributed by atoms with Gasteiger partial charge >= 0.3 is 6.03 Å². The molecule has 27 heavy (non-hydrogen) atoms. The number of hydrogen-bond acceptors (Lipinski definition) is 4. The molecule has 0 heterocycles. The Morgan fingerprint density at radius 1 is 0.704 bits per heavy atom. The summed E-state index contributed by atoms with van der Waals surface area (Å²) >= 11 is 0. The number of methoxy groups -OCH3 is 2. The quantitative estimate of drug-likeness (QED) is 0.635. The Labute approximate surface area is 157 Å². The first-order chi connectivity index (χ1) is 13.2. The molecule has 0 bridgehead atoms. The molecule has 0 aliphatic heterocycles. The maximum atomic E-state index is 12.2. The van der Waals surface area contributed by atoms with E-state index in [2.05, 4.69) is 10.6 Å². The Bertz CT molecular complexity index is 913. The molecule has 6 heteroatoms. The van der Waals surface area contributed by atoms with Crippen LogP contribution in [0, 0.1) is 0 Å². The molecular formula is C21H20N2O4. The van der Waals surface area contributed by atoms with Crippen molar-refractivity contribution < 1.29 is 19.0 Å². The van der Waals surface area contributed by atoms with Gasteiger partial charge in [0.1, 0.15) is 11.5 Å². The molecule has 0 unspecified atom stereocenters.